The minimum Gasteiger partial charge on any atom is -0.489 e. The van der Waals surface area contributed by atoms with Crippen LogP contribution in [0.5, 0.6) is 5.75 Å². The van der Waals surface area contributed by atoms with Gasteiger partial charge >= 0.3 is 0 Å². The molecule has 0 aliphatic heterocycles. The molecule has 7 heteroatoms. The van der Waals surface area contributed by atoms with Gasteiger partial charge in [-0.2, -0.15) is 5.10 Å². The zero-order valence-corrected chi connectivity index (χ0v) is 13.4. The van der Waals surface area contributed by atoms with E-state index < -0.39 is 4.92 Å². The van der Waals surface area contributed by atoms with E-state index in [0.29, 0.717) is 16.5 Å². The second-order valence-electron chi connectivity index (χ2n) is 5.03. The van der Waals surface area contributed by atoms with E-state index >= 15 is 0 Å². The van der Waals surface area contributed by atoms with Gasteiger partial charge < -0.3 is 4.74 Å². The Morgan fingerprint density at radius 2 is 1.96 bits per heavy atom. The van der Waals surface area contributed by atoms with E-state index in [4.69, 9.17) is 16.3 Å². The Morgan fingerprint density at radius 1 is 1.26 bits per heavy atom. The van der Waals surface area contributed by atoms with E-state index in [1.807, 2.05) is 19.9 Å². The average Bonchev–Trinajstić information content (AvgIpc) is 2.50. The number of hydrogen-bond acceptors (Lipinski definition) is 5. The van der Waals surface area contributed by atoms with Crippen LogP contribution in [0.4, 0.5) is 11.4 Å². The number of rotatable bonds is 6. The number of nitrogens with zero attached hydrogens (tertiary/aromatic N) is 2. The summed E-state index contributed by atoms with van der Waals surface area (Å²) in [4.78, 5) is 10.1. The summed E-state index contributed by atoms with van der Waals surface area (Å²) in [6.45, 7) is 3.86. The van der Waals surface area contributed by atoms with Crippen LogP contribution in [0.1, 0.15) is 19.4 Å². The molecular weight excluding hydrogens is 318 g/mol. The predicted molar refractivity (Wildman–Crippen MR) is 91.5 cm³/mol. The van der Waals surface area contributed by atoms with Gasteiger partial charge in [0.2, 0.25) is 0 Å². The molecule has 0 amide bonds. The number of hydrazone groups is 1. The van der Waals surface area contributed by atoms with Crippen molar-refractivity contribution < 1.29 is 9.66 Å². The molecule has 1 N–H and O–H groups in total. The van der Waals surface area contributed by atoms with E-state index in [1.54, 1.807) is 30.5 Å². The Kier molecular flexibility index (Phi) is 5.54. The SMILES string of the molecule is CC(C)Oc1ccc(/C=N/Nc2ccc([N+](=O)[O-])cc2)cc1Cl. The van der Waals surface area contributed by atoms with E-state index in [2.05, 4.69) is 10.5 Å². The molecule has 0 fully saturated rings. The second-order valence-corrected chi connectivity index (χ2v) is 5.44. The van der Waals surface area contributed by atoms with Gasteiger partial charge in [-0.25, -0.2) is 0 Å². The lowest BCUT2D eigenvalue weighted by Gasteiger charge is -2.11. The molecule has 0 bridgehead atoms. The van der Waals surface area contributed by atoms with Crippen LogP contribution in [0.2, 0.25) is 5.02 Å². The summed E-state index contributed by atoms with van der Waals surface area (Å²) in [5.41, 5.74) is 4.29. The summed E-state index contributed by atoms with van der Waals surface area (Å²) in [5.74, 6) is 0.627. The Balaban J connectivity index is 2.00. The maximum absolute atomic E-state index is 10.6. The number of halogens is 1. The topological polar surface area (TPSA) is 76.8 Å². The number of ether oxygens (including phenoxy) is 1. The fraction of sp³-hybridized carbons (Fsp3) is 0.188. The fourth-order valence-electron chi connectivity index (χ4n) is 1.79. The molecule has 6 nitrogen and oxygen atoms in total. The van der Waals surface area contributed by atoms with Crippen LogP contribution < -0.4 is 10.2 Å². The Hall–Kier alpha value is -2.60. The second kappa shape index (κ2) is 7.60. The first-order chi connectivity index (χ1) is 11.0. The van der Waals surface area contributed by atoms with Crippen molar-refractivity contribution in [3.8, 4) is 5.75 Å². The highest BCUT2D eigenvalue weighted by Crippen LogP contribution is 2.25. The van der Waals surface area contributed by atoms with Crippen LogP contribution in [0.15, 0.2) is 47.6 Å². The Morgan fingerprint density at radius 3 is 2.52 bits per heavy atom. The molecule has 0 heterocycles. The van der Waals surface area contributed by atoms with Crippen LogP contribution in [-0.2, 0) is 0 Å². The maximum atomic E-state index is 10.6. The van der Waals surface area contributed by atoms with Crippen LogP contribution in [0.25, 0.3) is 0 Å². The van der Waals surface area contributed by atoms with Crippen molar-refractivity contribution in [2.75, 3.05) is 5.43 Å². The molecule has 0 unspecified atom stereocenters. The standard InChI is InChI=1S/C16H16ClN3O3/c1-11(2)23-16-8-3-12(9-15(16)17)10-18-19-13-4-6-14(7-5-13)20(21)22/h3-11,19H,1-2H3/b18-10+. The maximum Gasteiger partial charge on any atom is 0.269 e. The Bertz CT molecular complexity index is 715. The number of anilines is 1. The van der Waals surface area contributed by atoms with Crippen molar-refractivity contribution in [2.45, 2.75) is 20.0 Å². The molecule has 0 spiro atoms. The number of hydrogen-bond donors (Lipinski definition) is 1. The third-order valence-corrected chi connectivity index (χ3v) is 3.10. The first-order valence-electron chi connectivity index (χ1n) is 6.95. The molecular formula is C16H16ClN3O3. The monoisotopic (exact) mass is 333 g/mol. The number of non-ortho nitro benzene ring substituents is 1. The first kappa shape index (κ1) is 16.8. The lowest BCUT2D eigenvalue weighted by atomic mass is 10.2. The highest BCUT2D eigenvalue weighted by atomic mass is 35.5. The lowest BCUT2D eigenvalue weighted by Crippen LogP contribution is -2.05. The van der Waals surface area contributed by atoms with Crippen molar-refractivity contribution in [1.29, 1.82) is 0 Å². The average molecular weight is 334 g/mol. The molecule has 0 aromatic heterocycles. The van der Waals surface area contributed by atoms with Crippen LogP contribution in [0, 0.1) is 10.1 Å². The molecule has 0 aliphatic rings. The molecule has 23 heavy (non-hydrogen) atoms. The summed E-state index contributed by atoms with van der Waals surface area (Å²) >= 11 is 6.15. The van der Waals surface area contributed by atoms with E-state index in [1.165, 1.54) is 12.1 Å². The smallest absolute Gasteiger partial charge is 0.269 e. The molecule has 120 valence electrons. The van der Waals surface area contributed by atoms with E-state index in [-0.39, 0.29) is 11.8 Å². The van der Waals surface area contributed by atoms with Gasteiger partial charge in [0.15, 0.2) is 0 Å². The van der Waals surface area contributed by atoms with Gasteiger partial charge in [-0.15, -0.1) is 0 Å². The summed E-state index contributed by atoms with van der Waals surface area (Å²) in [7, 11) is 0. The zero-order valence-electron chi connectivity index (χ0n) is 12.7. The van der Waals surface area contributed by atoms with Crippen LogP contribution in [-0.4, -0.2) is 17.2 Å². The summed E-state index contributed by atoms with van der Waals surface area (Å²) in [6, 6.07) is 11.4. The highest BCUT2D eigenvalue weighted by molar-refractivity contribution is 6.32. The predicted octanol–water partition coefficient (Wildman–Crippen LogP) is 4.48. The van der Waals surface area contributed by atoms with Crippen molar-refractivity contribution >= 4 is 29.2 Å². The minimum atomic E-state index is -0.449. The van der Waals surface area contributed by atoms with Gasteiger partial charge in [-0.3, -0.25) is 15.5 Å². The van der Waals surface area contributed by atoms with Gasteiger partial charge in [-0.05, 0) is 49.7 Å². The zero-order chi connectivity index (χ0) is 16.8. The fourth-order valence-corrected chi connectivity index (χ4v) is 2.02. The van der Waals surface area contributed by atoms with Gasteiger partial charge in [-0.1, -0.05) is 11.6 Å². The van der Waals surface area contributed by atoms with Gasteiger partial charge in [0.05, 0.1) is 28.0 Å². The normalized spacial score (nSPS) is 11.0. The third kappa shape index (κ3) is 4.96. The molecule has 0 saturated heterocycles. The number of nitrogens with one attached hydrogen (secondary N) is 1. The van der Waals surface area contributed by atoms with E-state index in [0.717, 1.165) is 5.56 Å². The van der Waals surface area contributed by atoms with Crippen molar-refractivity contribution in [1.82, 2.24) is 0 Å². The molecule has 0 radical (unpaired) electrons. The molecule has 2 aromatic carbocycles. The first-order valence-corrected chi connectivity index (χ1v) is 7.33. The highest BCUT2D eigenvalue weighted by Gasteiger charge is 2.05. The number of benzene rings is 2. The largest absolute Gasteiger partial charge is 0.489 e. The molecule has 2 rings (SSSR count). The van der Waals surface area contributed by atoms with Crippen LogP contribution in [0.3, 0.4) is 0 Å². The quantitative estimate of drug-likeness (QED) is 0.480. The van der Waals surface area contributed by atoms with E-state index in [9.17, 15) is 10.1 Å². The van der Waals surface area contributed by atoms with Crippen LogP contribution >= 0.6 is 11.6 Å². The molecule has 0 saturated carbocycles. The van der Waals surface area contributed by atoms with Gasteiger partial charge in [0.1, 0.15) is 5.75 Å². The summed E-state index contributed by atoms with van der Waals surface area (Å²) in [6.07, 6.45) is 1.66. The number of nitro groups is 1. The Labute approximate surface area is 138 Å². The molecule has 0 atom stereocenters. The summed E-state index contributed by atoms with van der Waals surface area (Å²) < 4.78 is 5.56. The third-order valence-electron chi connectivity index (χ3n) is 2.80. The van der Waals surface area contributed by atoms with Crippen molar-refractivity contribution in [3.63, 3.8) is 0 Å². The molecule has 2 aromatic rings. The summed E-state index contributed by atoms with van der Waals surface area (Å²) in [5, 5.41) is 15.2. The minimum absolute atomic E-state index is 0.0343. The number of nitro benzene ring substituents is 1. The molecule has 0 aliphatic carbocycles. The van der Waals surface area contributed by atoms with Crippen molar-refractivity contribution in [2.24, 2.45) is 5.10 Å². The lowest BCUT2D eigenvalue weighted by molar-refractivity contribution is -0.384. The van der Waals surface area contributed by atoms with Gasteiger partial charge in [0, 0.05) is 12.1 Å². The van der Waals surface area contributed by atoms with Crippen molar-refractivity contribution in [3.05, 3.63) is 63.2 Å². The van der Waals surface area contributed by atoms with Gasteiger partial charge in [0.25, 0.3) is 5.69 Å².